The van der Waals surface area contributed by atoms with Crippen LogP contribution in [0.3, 0.4) is 0 Å². The number of nitrogens with one attached hydrogen (secondary N) is 5. The van der Waals surface area contributed by atoms with E-state index in [1.54, 1.807) is 36.1 Å². The first-order valence-electron chi connectivity index (χ1n) is 20.5. The van der Waals surface area contributed by atoms with Crippen LogP contribution in [0.1, 0.15) is 64.5 Å². The van der Waals surface area contributed by atoms with Crippen molar-refractivity contribution in [2.75, 3.05) is 20.1 Å². The van der Waals surface area contributed by atoms with Crippen LogP contribution >= 0.6 is 0 Å². The van der Waals surface area contributed by atoms with Crippen molar-refractivity contribution in [2.45, 2.75) is 115 Å². The summed E-state index contributed by atoms with van der Waals surface area (Å²) in [5.41, 5.74) is 7.06. The van der Waals surface area contributed by atoms with Gasteiger partial charge in [-0.25, -0.2) is 4.79 Å². The molecule has 0 saturated carbocycles. The number of aliphatic hydroxyl groups excluding tert-OH is 1. The van der Waals surface area contributed by atoms with Crippen molar-refractivity contribution in [1.82, 2.24) is 36.4 Å². The number of benzene rings is 2. The molecule has 2 saturated heterocycles. The number of rotatable bonds is 11. The summed E-state index contributed by atoms with van der Waals surface area (Å²) in [6, 6.07) is 7.62. The number of esters is 1. The number of carbonyl (C=O) groups is 8. The SMILES string of the molecule is CC=C(C)C(=O)NCC(=O)NC1C(=O)NC(CCC(N)=O)C(=O)NC2CCC(O)N(C2)C(Cc2ccccc2)C(=O)N(C)C(Cc2ccc(O)cc2)C(=O)NC(C)C(=O)OC1C. The Morgan fingerprint density at radius 1 is 0.887 bits per heavy atom. The second kappa shape index (κ2) is 22.5. The van der Waals surface area contributed by atoms with Crippen molar-refractivity contribution in [3.8, 4) is 5.75 Å². The van der Waals surface area contributed by atoms with Crippen LogP contribution in [0.5, 0.6) is 5.75 Å². The molecule has 2 bridgehead atoms. The van der Waals surface area contributed by atoms with Gasteiger partial charge in [-0.05, 0) is 76.6 Å². The molecule has 2 aliphatic heterocycles. The highest BCUT2D eigenvalue weighted by Crippen LogP contribution is 2.24. The van der Waals surface area contributed by atoms with Crippen LogP contribution in [-0.2, 0) is 55.9 Å². The number of fused-ring (bicyclic) bond motifs is 2. The smallest absolute Gasteiger partial charge is 0.328 e. The molecule has 2 fully saturated rings. The van der Waals surface area contributed by atoms with E-state index in [4.69, 9.17) is 10.5 Å². The summed E-state index contributed by atoms with van der Waals surface area (Å²) >= 11 is 0. The second-order valence-corrected chi connectivity index (χ2v) is 15.6. The number of phenols is 1. The van der Waals surface area contributed by atoms with E-state index in [0.717, 1.165) is 5.56 Å². The maximum atomic E-state index is 14.8. The van der Waals surface area contributed by atoms with Gasteiger partial charge in [0.2, 0.25) is 41.4 Å². The second-order valence-electron chi connectivity index (χ2n) is 15.6. The highest BCUT2D eigenvalue weighted by Gasteiger charge is 2.42. The van der Waals surface area contributed by atoms with Crippen molar-refractivity contribution in [3.63, 3.8) is 0 Å². The van der Waals surface area contributed by atoms with Crippen molar-refractivity contribution in [3.05, 3.63) is 77.4 Å². The maximum Gasteiger partial charge on any atom is 0.328 e. The summed E-state index contributed by atoms with van der Waals surface area (Å²) in [4.78, 5) is 111. The Labute approximate surface area is 360 Å². The van der Waals surface area contributed by atoms with Gasteiger partial charge in [-0.15, -0.1) is 0 Å². The Hall–Kier alpha value is -6.34. The number of cyclic esters (lactones) is 1. The van der Waals surface area contributed by atoms with Gasteiger partial charge in [0.1, 0.15) is 42.2 Å². The van der Waals surface area contributed by atoms with Crippen molar-refractivity contribution < 1.29 is 53.3 Å². The van der Waals surface area contributed by atoms with E-state index in [1.165, 1.54) is 50.9 Å². The van der Waals surface area contributed by atoms with E-state index >= 15 is 0 Å². The molecule has 19 heteroatoms. The molecule has 0 aromatic heterocycles. The van der Waals surface area contributed by atoms with Gasteiger partial charge in [0.15, 0.2) is 0 Å². The first-order chi connectivity index (χ1) is 29.4. The number of carbonyl (C=O) groups excluding carboxylic acids is 8. The zero-order valence-electron chi connectivity index (χ0n) is 35.6. The van der Waals surface area contributed by atoms with Gasteiger partial charge in [-0.1, -0.05) is 48.5 Å². The lowest BCUT2D eigenvalue weighted by atomic mass is 9.96. The van der Waals surface area contributed by atoms with E-state index in [9.17, 15) is 48.6 Å². The molecule has 9 N–H and O–H groups in total. The van der Waals surface area contributed by atoms with Crippen LogP contribution in [0.15, 0.2) is 66.2 Å². The molecular weight excluding hydrogens is 805 g/mol. The van der Waals surface area contributed by atoms with Gasteiger partial charge in [0.05, 0.1) is 12.6 Å². The zero-order chi connectivity index (χ0) is 45.7. The van der Waals surface area contributed by atoms with Crippen LogP contribution < -0.4 is 32.3 Å². The molecular formula is C43H58N8O11. The summed E-state index contributed by atoms with van der Waals surface area (Å²) in [6.07, 6.45) is -1.22. The number of nitrogens with zero attached hydrogens (tertiary/aromatic N) is 2. The van der Waals surface area contributed by atoms with Gasteiger partial charge in [-0.3, -0.25) is 38.5 Å². The summed E-state index contributed by atoms with van der Waals surface area (Å²) < 4.78 is 5.63. The normalized spacial score (nSPS) is 26.9. The summed E-state index contributed by atoms with van der Waals surface area (Å²) in [7, 11) is 1.43. The Bertz CT molecular complexity index is 1980. The molecule has 62 heavy (non-hydrogen) atoms. The molecule has 2 heterocycles. The molecule has 9 atom stereocenters. The van der Waals surface area contributed by atoms with E-state index in [-0.39, 0.29) is 50.8 Å². The minimum absolute atomic E-state index is 0.0202. The van der Waals surface area contributed by atoms with E-state index in [0.29, 0.717) is 11.1 Å². The van der Waals surface area contributed by atoms with Crippen LogP contribution in [0.25, 0.3) is 0 Å². The Morgan fingerprint density at radius 2 is 1.53 bits per heavy atom. The van der Waals surface area contributed by atoms with Crippen LogP contribution in [0.2, 0.25) is 0 Å². The summed E-state index contributed by atoms with van der Waals surface area (Å²) in [5, 5.41) is 34.3. The molecule has 2 aromatic carbocycles. The van der Waals surface area contributed by atoms with Crippen molar-refractivity contribution in [1.29, 1.82) is 0 Å². The summed E-state index contributed by atoms with van der Waals surface area (Å²) in [5.74, 6) is -6.23. The molecule has 0 radical (unpaired) electrons. The zero-order valence-corrected chi connectivity index (χ0v) is 35.6. The van der Waals surface area contributed by atoms with E-state index in [1.807, 2.05) is 18.2 Å². The van der Waals surface area contributed by atoms with Gasteiger partial charge >= 0.3 is 5.97 Å². The summed E-state index contributed by atoms with van der Waals surface area (Å²) in [6.45, 7) is 5.19. The number of hydrogen-bond donors (Lipinski definition) is 8. The molecule has 9 unspecified atom stereocenters. The molecule has 2 aromatic rings. The van der Waals surface area contributed by atoms with Crippen LogP contribution in [0.4, 0.5) is 0 Å². The third-order valence-electron chi connectivity index (χ3n) is 11.0. The maximum absolute atomic E-state index is 14.8. The fourth-order valence-electron chi connectivity index (χ4n) is 7.16. The number of piperidine rings is 1. The lowest BCUT2D eigenvalue weighted by Gasteiger charge is -2.43. The number of primary amides is 1. The highest BCUT2D eigenvalue weighted by atomic mass is 16.5. The molecule has 4 rings (SSSR count). The Morgan fingerprint density at radius 3 is 2.18 bits per heavy atom. The average molecular weight is 863 g/mol. The number of aliphatic hydroxyl groups is 1. The predicted octanol–water partition coefficient (Wildman–Crippen LogP) is -0.960. The number of likely N-dealkylation sites (N-methyl/N-ethyl adjacent to an activating group) is 1. The lowest BCUT2D eigenvalue weighted by molar-refractivity contribution is -0.156. The monoisotopic (exact) mass is 862 g/mol. The molecule has 0 spiro atoms. The predicted molar refractivity (Wildman–Crippen MR) is 224 cm³/mol. The lowest BCUT2D eigenvalue weighted by Crippen LogP contribution is -2.63. The molecule has 0 aliphatic carbocycles. The molecule has 2 aliphatic rings. The molecule has 19 nitrogen and oxygen atoms in total. The fraction of sp³-hybridized carbons (Fsp3) is 0.488. The first-order valence-corrected chi connectivity index (χ1v) is 20.5. The largest absolute Gasteiger partial charge is 0.508 e. The number of ether oxygens (including phenoxy) is 1. The van der Waals surface area contributed by atoms with E-state index < -0.39 is 102 Å². The number of hydrogen-bond acceptors (Lipinski definition) is 12. The fourth-order valence-corrected chi connectivity index (χ4v) is 7.16. The number of aromatic hydroxyl groups is 1. The first kappa shape index (κ1) is 48.3. The third kappa shape index (κ3) is 13.6. The van der Waals surface area contributed by atoms with Crippen molar-refractivity contribution >= 4 is 47.3 Å². The Balaban J connectivity index is 1.77. The van der Waals surface area contributed by atoms with Gasteiger partial charge in [-0.2, -0.15) is 0 Å². The number of nitrogens with two attached hydrogens (primary N) is 1. The van der Waals surface area contributed by atoms with Gasteiger partial charge < -0.3 is 52.2 Å². The molecule has 7 amide bonds. The minimum Gasteiger partial charge on any atom is -0.508 e. The number of amides is 7. The van der Waals surface area contributed by atoms with Crippen LogP contribution in [-0.4, -0.2) is 136 Å². The molecule has 336 valence electrons. The van der Waals surface area contributed by atoms with Crippen molar-refractivity contribution in [2.24, 2.45) is 5.73 Å². The minimum atomic E-state index is -1.66. The van der Waals surface area contributed by atoms with Gasteiger partial charge in [0, 0.05) is 38.0 Å². The quantitative estimate of drug-likeness (QED) is 0.100. The Kier molecular flexibility index (Phi) is 17.5. The topological polar surface area (TPSA) is 279 Å². The number of phenolic OH excluding ortho intramolecular Hbond substituents is 1. The standard InChI is InChI=1S/C43H58N8O11/c1-6-24(2)38(56)45-22-35(54)49-37-26(4)62-43(61)25(3)46-40(58)32(20-28-12-15-30(52)16-13-28)50(5)42(60)33(21-27-10-8-7-9-11-27)51-23-29(14-19-36(51)55)47-39(57)31(48-41(37)59)17-18-34(44)53/h6-13,15-16,25-26,29,31-33,36-37,52,55H,14,17-23H2,1-5H3,(H2,44,53)(H,45,56)(H,46,58)(H,47,57)(H,48,59)(H,49,54). The third-order valence-corrected chi connectivity index (χ3v) is 11.0. The van der Waals surface area contributed by atoms with Crippen LogP contribution in [0, 0.1) is 0 Å². The highest BCUT2D eigenvalue weighted by molar-refractivity contribution is 5.97. The van der Waals surface area contributed by atoms with Gasteiger partial charge in [0.25, 0.3) is 0 Å². The average Bonchev–Trinajstić information content (AvgIpc) is 3.24. The van der Waals surface area contributed by atoms with E-state index in [2.05, 4.69) is 26.6 Å². The number of allylic oxidation sites excluding steroid dienone is 1.